The third-order valence-corrected chi connectivity index (χ3v) is 12.3. The van der Waals surface area contributed by atoms with Gasteiger partial charge in [0.15, 0.2) is 5.96 Å². The van der Waals surface area contributed by atoms with Gasteiger partial charge in [-0.3, -0.25) is 57.7 Å². The molecule has 0 saturated heterocycles. The van der Waals surface area contributed by atoms with Gasteiger partial charge in [0.25, 0.3) is 0 Å². The molecule has 0 bridgehead atoms. The smallest absolute Gasteiger partial charge is 0.245 e. The van der Waals surface area contributed by atoms with Crippen molar-refractivity contribution in [3.05, 3.63) is 65.7 Å². The van der Waals surface area contributed by atoms with Gasteiger partial charge in [0.05, 0.1) is 25.8 Å². The lowest BCUT2D eigenvalue weighted by Crippen LogP contribution is -2.60. The Morgan fingerprint density at radius 3 is 1.43 bits per heavy atom. The van der Waals surface area contributed by atoms with E-state index in [4.69, 9.17) is 22.9 Å². The highest BCUT2D eigenvalue weighted by Crippen LogP contribution is 2.13. The average molecular weight is 1150 g/mol. The Balaban J connectivity index is 2.20. The Kier molecular flexibility index (Phi) is 30.0. The molecule has 454 valence electrons. The van der Waals surface area contributed by atoms with Crippen molar-refractivity contribution in [1.29, 1.82) is 0 Å². The standard InChI is InChI=1S/C53H83N15O14/c1-27(2)20-35(54)47(77)61-29(5)44(74)60-30(6)46(76)65-39(23-32-12-9-8-10-13-32)51(81)66-38(21-28(3)4)50(80)62-31(7)45(75)64-36(14-11-19-58-53(56)57)49(79)68-41(26-70)52(82)67-40(25-69)48(78)59-24-42(72)63-37(43(55)73)22-33-15-17-34(71)18-16-33/h8-10,12-13,15-18,27-31,35-41,69-71H,11,14,19-26,54H2,1-7H3,(H2,55,73)(H,59,78)(H,60,74)(H,61,77)(H,62,80)(H,63,72)(H,64,75)(H,65,76)(H,66,81)(H,67,82)(H,68,79)(H4,56,57,58)/t29-,30-,31-,35-,36-,37-,38-,39-,40-,41-/m0/s1. The number of aromatic hydroxyl groups is 1. The molecule has 11 amide bonds. The Bertz CT molecular complexity index is 2510. The van der Waals surface area contributed by atoms with Gasteiger partial charge in [0.1, 0.15) is 60.1 Å². The Morgan fingerprint density at radius 2 is 0.902 bits per heavy atom. The van der Waals surface area contributed by atoms with Gasteiger partial charge >= 0.3 is 0 Å². The van der Waals surface area contributed by atoms with Crippen LogP contribution in [0.1, 0.15) is 85.3 Å². The summed E-state index contributed by atoms with van der Waals surface area (Å²) in [6.45, 7) is 8.59. The first-order valence-electron chi connectivity index (χ1n) is 26.7. The summed E-state index contributed by atoms with van der Waals surface area (Å²) in [6.07, 6.45) is 0.227. The number of aliphatic hydroxyl groups is 2. The van der Waals surface area contributed by atoms with Gasteiger partial charge in [-0.2, -0.15) is 0 Å². The van der Waals surface area contributed by atoms with Crippen LogP contribution in [-0.4, -0.2) is 173 Å². The molecule has 82 heavy (non-hydrogen) atoms. The van der Waals surface area contributed by atoms with E-state index < -0.39 is 145 Å². The van der Waals surface area contributed by atoms with Crippen molar-refractivity contribution >= 4 is 70.9 Å². The number of nitrogens with zero attached hydrogens (tertiary/aromatic N) is 1. The summed E-state index contributed by atoms with van der Waals surface area (Å²) in [5, 5.41) is 54.0. The van der Waals surface area contributed by atoms with Gasteiger partial charge in [0.2, 0.25) is 65.0 Å². The molecule has 0 aromatic heterocycles. The third kappa shape index (κ3) is 25.8. The highest BCUT2D eigenvalue weighted by molar-refractivity contribution is 5.98. The second kappa shape index (κ2) is 35.3. The number of guanidine groups is 1. The van der Waals surface area contributed by atoms with Crippen LogP contribution in [0.15, 0.2) is 59.6 Å². The number of nitrogens with one attached hydrogen (secondary N) is 10. The first-order chi connectivity index (χ1) is 38.5. The van der Waals surface area contributed by atoms with Crippen LogP contribution in [0.5, 0.6) is 5.75 Å². The molecule has 2 aromatic rings. The van der Waals surface area contributed by atoms with E-state index >= 15 is 0 Å². The summed E-state index contributed by atoms with van der Waals surface area (Å²) in [5.41, 5.74) is 23.4. The first-order valence-corrected chi connectivity index (χ1v) is 26.7. The first kappa shape index (κ1) is 69.7. The molecule has 21 N–H and O–H groups in total. The molecule has 0 saturated carbocycles. The average Bonchev–Trinajstić information content (AvgIpc) is 3.45. The summed E-state index contributed by atoms with van der Waals surface area (Å²) < 4.78 is 0. The van der Waals surface area contributed by atoms with Crippen LogP contribution in [0.4, 0.5) is 0 Å². The van der Waals surface area contributed by atoms with Crippen LogP contribution in [0, 0.1) is 11.8 Å². The fourth-order valence-corrected chi connectivity index (χ4v) is 7.74. The van der Waals surface area contributed by atoms with Crippen molar-refractivity contribution in [3.63, 3.8) is 0 Å². The highest BCUT2D eigenvalue weighted by Gasteiger charge is 2.34. The number of hydrogen-bond donors (Lipinski definition) is 17. The topological polar surface area (TPSA) is 485 Å². The number of rotatable bonds is 35. The van der Waals surface area contributed by atoms with Crippen molar-refractivity contribution in [2.45, 2.75) is 147 Å². The van der Waals surface area contributed by atoms with E-state index in [-0.39, 0.29) is 62.2 Å². The van der Waals surface area contributed by atoms with Crippen LogP contribution in [0.3, 0.4) is 0 Å². The van der Waals surface area contributed by atoms with Crippen LogP contribution < -0.4 is 76.1 Å². The molecule has 0 aliphatic rings. The maximum atomic E-state index is 14.1. The number of phenolic OH excluding ortho intramolecular Hbond substituents is 1. The number of carbonyl (C=O) groups excluding carboxylic acids is 11. The van der Waals surface area contributed by atoms with E-state index in [1.165, 1.54) is 45.0 Å². The fraction of sp³-hybridized carbons (Fsp3) is 0.547. The van der Waals surface area contributed by atoms with Gasteiger partial charge < -0.3 is 91.4 Å². The molecular formula is C53H83N15O14. The maximum absolute atomic E-state index is 14.1. The lowest BCUT2D eigenvalue weighted by Gasteiger charge is -2.27. The van der Waals surface area contributed by atoms with E-state index in [0.717, 1.165) is 0 Å². The molecular weight excluding hydrogens is 1070 g/mol. The van der Waals surface area contributed by atoms with Gasteiger partial charge in [-0.1, -0.05) is 70.2 Å². The Morgan fingerprint density at radius 1 is 0.476 bits per heavy atom. The lowest BCUT2D eigenvalue weighted by atomic mass is 10.0. The van der Waals surface area contributed by atoms with E-state index in [1.54, 1.807) is 44.2 Å². The molecule has 29 nitrogen and oxygen atoms in total. The molecule has 0 radical (unpaired) electrons. The summed E-state index contributed by atoms with van der Waals surface area (Å²) in [4.78, 5) is 150. The normalized spacial score (nSPS) is 14.7. The Labute approximate surface area is 475 Å². The van der Waals surface area contributed by atoms with Crippen LogP contribution in [-0.2, 0) is 65.6 Å². The zero-order valence-electron chi connectivity index (χ0n) is 47.3. The number of hydrogen-bond acceptors (Lipinski definition) is 16. The van der Waals surface area contributed by atoms with E-state index in [2.05, 4.69) is 58.2 Å². The quantitative estimate of drug-likeness (QED) is 0.0174. The van der Waals surface area contributed by atoms with E-state index in [1.807, 2.05) is 13.8 Å². The summed E-state index contributed by atoms with van der Waals surface area (Å²) in [6, 6.07) is 1.05. The second-order valence-electron chi connectivity index (χ2n) is 20.5. The van der Waals surface area contributed by atoms with Crippen molar-refractivity contribution in [2.24, 2.45) is 39.8 Å². The molecule has 0 fully saturated rings. The molecule has 0 spiro atoms. The number of carbonyl (C=O) groups is 11. The minimum Gasteiger partial charge on any atom is -0.508 e. The number of nitrogens with two attached hydrogens (primary N) is 4. The minimum absolute atomic E-state index is 0.0198. The number of phenols is 1. The predicted octanol–water partition coefficient (Wildman–Crippen LogP) is -5.34. The molecule has 0 unspecified atom stereocenters. The summed E-state index contributed by atoms with van der Waals surface area (Å²) in [5.74, 6) is -9.99. The molecule has 0 heterocycles. The van der Waals surface area contributed by atoms with Gasteiger partial charge in [0, 0.05) is 19.4 Å². The van der Waals surface area contributed by atoms with Crippen molar-refractivity contribution in [2.75, 3.05) is 26.3 Å². The molecule has 2 rings (SSSR count). The Hall–Kier alpha value is -8.44. The van der Waals surface area contributed by atoms with Crippen LogP contribution in [0.25, 0.3) is 0 Å². The number of primary amides is 1. The van der Waals surface area contributed by atoms with Crippen LogP contribution >= 0.6 is 0 Å². The molecule has 2 aromatic carbocycles. The zero-order chi connectivity index (χ0) is 61.8. The fourth-order valence-electron chi connectivity index (χ4n) is 7.74. The van der Waals surface area contributed by atoms with Gasteiger partial charge in [-0.15, -0.1) is 0 Å². The molecule has 0 aliphatic heterocycles. The predicted molar refractivity (Wildman–Crippen MR) is 300 cm³/mol. The largest absolute Gasteiger partial charge is 0.508 e. The SMILES string of the molecule is CC(C)C[C@H](NC(=O)[C@H](Cc1ccccc1)NC(=O)[C@H](C)NC(=O)[C@H](C)NC(=O)[C@@H](N)CC(C)C)C(=O)N[C@@H](C)C(=O)N[C@@H](CCCN=C(N)N)C(=O)N[C@@H](CO)C(=O)N[C@@H](CO)C(=O)NCC(=O)N[C@@H](Cc1ccc(O)cc1)C(N)=O. The van der Waals surface area contributed by atoms with Gasteiger partial charge in [-0.25, -0.2) is 0 Å². The molecule has 0 aliphatic carbocycles. The second-order valence-corrected chi connectivity index (χ2v) is 20.5. The highest BCUT2D eigenvalue weighted by atomic mass is 16.3. The van der Waals surface area contributed by atoms with Crippen molar-refractivity contribution in [1.82, 2.24) is 53.2 Å². The number of amides is 11. The lowest BCUT2D eigenvalue weighted by molar-refractivity contribution is -0.136. The number of aliphatic imine (C=N–C) groups is 1. The van der Waals surface area contributed by atoms with E-state index in [9.17, 15) is 68.1 Å². The monoisotopic (exact) mass is 1150 g/mol. The summed E-state index contributed by atoms with van der Waals surface area (Å²) in [7, 11) is 0. The van der Waals surface area contributed by atoms with Crippen molar-refractivity contribution < 1.29 is 68.1 Å². The van der Waals surface area contributed by atoms with E-state index in [0.29, 0.717) is 17.5 Å². The van der Waals surface area contributed by atoms with Crippen molar-refractivity contribution in [3.8, 4) is 5.75 Å². The zero-order valence-corrected chi connectivity index (χ0v) is 47.3. The van der Waals surface area contributed by atoms with Gasteiger partial charge in [-0.05, 0) is 81.5 Å². The minimum atomic E-state index is -1.79. The maximum Gasteiger partial charge on any atom is 0.245 e. The third-order valence-electron chi connectivity index (χ3n) is 12.3. The number of aliphatic hydroxyl groups excluding tert-OH is 2. The summed E-state index contributed by atoms with van der Waals surface area (Å²) >= 11 is 0. The molecule has 10 atom stereocenters. The van der Waals surface area contributed by atoms with Crippen LogP contribution in [0.2, 0.25) is 0 Å². The molecule has 29 heteroatoms. The number of benzene rings is 2.